The molecule has 1 amide bonds. The first-order valence-corrected chi connectivity index (χ1v) is 11.9. The number of halogens is 4. The topological polar surface area (TPSA) is 102 Å². The van der Waals surface area contributed by atoms with Gasteiger partial charge in [-0.2, -0.15) is 4.72 Å². The fourth-order valence-corrected chi connectivity index (χ4v) is 4.51. The average Bonchev–Trinajstić information content (AvgIpc) is 2.70. The summed E-state index contributed by atoms with van der Waals surface area (Å²) in [7, 11) is -4.37. The molecule has 2 atom stereocenters. The summed E-state index contributed by atoms with van der Waals surface area (Å²) >= 11 is 17.8. The quantitative estimate of drug-likeness (QED) is 0.386. The molecule has 0 radical (unpaired) electrons. The molecule has 2 rings (SSSR count). The molecule has 0 aromatic heterocycles. The molecular weight excluding hydrogens is 506 g/mol. The standard InChI is InChI=1S/C20H20Cl3FN2O5S/c1-10(2)18(26-32(29,30)17-7-5-4-6-15(17)24)20(28)31-11(3)19(27)25-16-9-13(22)12(21)8-14(16)23/h4-11,18,26H,1-3H3,(H,25,27)/t11-,18-/m1/s1. The molecule has 0 saturated carbocycles. The Morgan fingerprint density at radius 2 is 1.59 bits per heavy atom. The maximum absolute atomic E-state index is 13.9. The van der Waals surface area contributed by atoms with Crippen molar-refractivity contribution in [3.05, 3.63) is 57.3 Å². The smallest absolute Gasteiger partial charge is 0.325 e. The Morgan fingerprint density at radius 1 is 1.00 bits per heavy atom. The third kappa shape index (κ3) is 6.55. The van der Waals surface area contributed by atoms with Crippen LogP contribution >= 0.6 is 34.8 Å². The second-order valence-electron chi connectivity index (χ2n) is 7.09. The van der Waals surface area contributed by atoms with Gasteiger partial charge < -0.3 is 10.1 Å². The van der Waals surface area contributed by atoms with Crippen molar-refractivity contribution in [2.75, 3.05) is 5.32 Å². The van der Waals surface area contributed by atoms with Crippen LogP contribution in [0.2, 0.25) is 15.1 Å². The van der Waals surface area contributed by atoms with Crippen LogP contribution in [0.1, 0.15) is 20.8 Å². The highest BCUT2D eigenvalue weighted by Crippen LogP contribution is 2.32. The van der Waals surface area contributed by atoms with Crippen molar-refractivity contribution < 1.29 is 27.1 Å². The highest BCUT2D eigenvalue weighted by molar-refractivity contribution is 7.89. The van der Waals surface area contributed by atoms with Crippen LogP contribution in [0.25, 0.3) is 0 Å². The van der Waals surface area contributed by atoms with E-state index >= 15 is 0 Å². The molecule has 174 valence electrons. The lowest BCUT2D eigenvalue weighted by atomic mass is 10.1. The maximum Gasteiger partial charge on any atom is 0.325 e. The zero-order valence-electron chi connectivity index (χ0n) is 17.2. The van der Waals surface area contributed by atoms with E-state index in [1.165, 1.54) is 31.2 Å². The van der Waals surface area contributed by atoms with E-state index in [4.69, 9.17) is 39.5 Å². The van der Waals surface area contributed by atoms with Gasteiger partial charge in [0.15, 0.2) is 6.10 Å². The van der Waals surface area contributed by atoms with Gasteiger partial charge in [-0.1, -0.05) is 60.8 Å². The Kier molecular flexibility index (Phi) is 8.90. The lowest BCUT2D eigenvalue weighted by Gasteiger charge is -2.23. The molecule has 0 saturated heterocycles. The summed E-state index contributed by atoms with van der Waals surface area (Å²) in [5.74, 6) is -3.29. The van der Waals surface area contributed by atoms with Crippen LogP contribution in [0.5, 0.6) is 0 Å². The number of benzene rings is 2. The fraction of sp³-hybridized carbons (Fsp3) is 0.300. The molecule has 0 aliphatic heterocycles. The van der Waals surface area contributed by atoms with Crippen LogP contribution < -0.4 is 10.0 Å². The minimum absolute atomic E-state index is 0.115. The predicted octanol–water partition coefficient (Wildman–Crippen LogP) is 4.66. The van der Waals surface area contributed by atoms with Crippen LogP contribution in [0, 0.1) is 11.7 Å². The van der Waals surface area contributed by atoms with E-state index in [1.54, 1.807) is 13.8 Å². The number of ether oxygens (including phenoxy) is 1. The monoisotopic (exact) mass is 524 g/mol. The number of hydrogen-bond donors (Lipinski definition) is 2. The summed E-state index contributed by atoms with van der Waals surface area (Å²) in [5.41, 5.74) is 0.148. The summed E-state index contributed by atoms with van der Waals surface area (Å²) in [6.07, 6.45) is -1.31. The van der Waals surface area contributed by atoms with Crippen LogP contribution in [0.15, 0.2) is 41.3 Å². The number of hydrogen-bond acceptors (Lipinski definition) is 5. The Balaban J connectivity index is 2.13. The van der Waals surface area contributed by atoms with E-state index in [1.807, 2.05) is 0 Å². The minimum Gasteiger partial charge on any atom is -0.451 e. The van der Waals surface area contributed by atoms with Gasteiger partial charge >= 0.3 is 5.97 Å². The molecule has 7 nitrogen and oxygen atoms in total. The summed E-state index contributed by atoms with van der Waals surface area (Å²) in [6, 6.07) is 6.03. The molecule has 12 heteroatoms. The van der Waals surface area contributed by atoms with Crippen LogP contribution in [-0.4, -0.2) is 32.4 Å². The molecule has 0 fully saturated rings. The van der Waals surface area contributed by atoms with Gasteiger partial charge in [-0.25, -0.2) is 12.8 Å². The summed E-state index contributed by atoms with van der Waals surface area (Å²) in [4.78, 5) is 24.4. The zero-order chi connectivity index (χ0) is 24.2. The Hall–Kier alpha value is -1.91. The van der Waals surface area contributed by atoms with E-state index < -0.39 is 50.7 Å². The van der Waals surface area contributed by atoms with Crippen molar-refractivity contribution in [3.8, 4) is 0 Å². The lowest BCUT2D eigenvalue weighted by molar-refractivity contribution is -0.155. The van der Waals surface area contributed by atoms with Gasteiger partial charge in [0.05, 0.1) is 20.8 Å². The van der Waals surface area contributed by atoms with E-state index in [-0.39, 0.29) is 20.8 Å². The molecule has 0 heterocycles. The second-order valence-corrected chi connectivity index (χ2v) is 9.99. The number of rotatable bonds is 8. The van der Waals surface area contributed by atoms with Crippen molar-refractivity contribution >= 4 is 62.4 Å². The number of amides is 1. The first kappa shape index (κ1) is 26.3. The predicted molar refractivity (Wildman–Crippen MR) is 121 cm³/mol. The van der Waals surface area contributed by atoms with E-state index in [0.29, 0.717) is 0 Å². The number of esters is 1. The number of nitrogens with one attached hydrogen (secondary N) is 2. The molecule has 32 heavy (non-hydrogen) atoms. The van der Waals surface area contributed by atoms with E-state index in [2.05, 4.69) is 10.0 Å². The molecule has 2 aromatic carbocycles. The zero-order valence-corrected chi connectivity index (χ0v) is 20.2. The van der Waals surface area contributed by atoms with Gasteiger partial charge in [-0.3, -0.25) is 9.59 Å². The fourth-order valence-electron chi connectivity index (χ4n) is 2.50. The molecule has 0 bridgehead atoms. The number of carbonyl (C=O) groups is 2. The SMILES string of the molecule is CC(C)[C@@H](NS(=O)(=O)c1ccccc1F)C(=O)O[C@H](C)C(=O)Nc1cc(Cl)c(Cl)cc1Cl. The number of sulfonamides is 1. The van der Waals surface area contributed by atoms with Crippen molar-refractivity contribution in [2.45, 2.75) is 37.8 Å². The number of anilines is 1. The summed E-state index contributed by atoms with van der Waals surface area (Å²) < 4.78 is 46.3. The maximum atomic E-state index is 13.9. The lowest BCUT2D eigenvalue weighted by Crippen LogP contribution is -2.47. The first-order valence-electron chi connectivity index (χ1n) is 9.26. The van der Waals surface area contributed by atoms with Gasteiger partial charge in [0, 0.05) is 0 Å². The van der Waals surface area contributed by atoms with Crippen molar-refractivity contribution in [1.29, 1.82) is 0 Å². The van der Waals surface area contributed by atoms with Gasteiger partial charge in [-0.05, 0) is 37.1 Å². The van der Waals surface area contributed by atoms with Crippen LogP contribution in [0.4, 0.5) is 10.1 Å². The van der Waals surface area contributed by atoms with E-state index in [0.717, 1.165) is 12.1 Å². The summed E-state index contributed by atoms with van der Waals surface area (Å²) in [6.45, 7) is 4.42. The van der Waals surface area contributed by atoms with Gasteiger partial charge in [-0.15, -0.1) is 0 Å². The molecule has 0 aliphatic rings. The third-order valence-electron chi connectivity index (χ3n) is 4.26. The Bertz CT molecular complexity index is 1130. The molecule has 2 N–H and O–H groups in total. The second kappa shape index (κ2) is 10.8. The Labute approximate surface area is 200 Å². The number of carbonyl (C=O) groups excluding carboxylic acids is 2. The van der Waals surface area contributed by atoms with Gasteiger partial charge in [0.25, 0.3) is 5.91 Å². The summed E-state index contributed by atoms with van der Waals surface area (Å²) in [5, 5.41) is 2.91. The first-order chi connectivity index (χ1) is 14.8. The average molecular weight is 526 g/mol. The molecule has 0 spiro atoms. The Morgan fingerprint density at radius 3 is 2.19 bits per heavy atom. The molecule has 2 aromatic rings. The van der Waals surface area contributed by atoms with Crippen molar-refractivity contribution in [1.82, 2.24) is 4.72 Å². The third-order valence-corrected chi connectivity index (χ3v) is 6.77. The molecule has 0 unspecified atom stereocenters. The largest absolute Gasteiger partial charge is 0.451 e. The van der Waals surface area contributed by atoms with Crippen LogP contribution in [0.3, 0.4) is 0 Å². The highest BCUT2D eigenvalue weighted by Gasteiger charge is 2.33. The molecule has 0 aliphatic carbocycles. The molecular formula is C20H20Cl3FN2O5S. The van der Waals surface area contributed by atoms with Gasteiger partial charge in [0.2, 0.25) is 10.0 Å². The normalized spacial score (nSPS) is 13.5. The van der Waals surface area contributed by atoms with Crippen molar-refractivity contribution in [2.24, 2.45) is 5.92 Å². The van der Waals surface area contributed by atoms with E-state index in [9.17, 15) is 22.4 Å². The van der Waals surface area contributed by atoms with Crippen LogP contribution in [-0.2, 0) is 24.3 Å². The highest BCUT2D eigenvalue weighted by atomic mass is 35.5. The van der Waals surface area contributed by atoms with Crippen molar-refractivity contribution in [3.63, 3.8) is 0 Å². The minimum atomic E-state index is -4.37. The van der Waals surface area contributed by atoms with Gasteiger partial charge in [0.1, 0.15) is 16.8 Å².